The van der Waals surface area contributed by atoms with Crippen molar-refractivity contribution in [3.05, 3.63) is 36.2 Å². The van der Waals surface area contributed by atoms with Crippen LogP contribution in [-0.4, -0.2) is 39.4 Å². The highest BCUT2D eigenvalue weighted by atomic mass is 16.6. The Morgan fingerprint density at radius 1 is 1.42 bits per heavy atom. The third-order valence-electron chi connectivity index (χ3n) is 4.19. The van der Waals surface area contributed by atoms with Crippen LogP contribution in [0.2, 0.25) is 0 Å². The van der Waals surface area contributed by atoms with Gasteiger partial charge in [-0.3, -0.25) is 0 Å². The average Bonchev–Trinajstić information content (AvgIpc) is 3.34. The highest BCUT2D eigenvalue weighted by Crippen LogP contribution is 2.27. The van der Waals surface area contributed by atoms with Crippen molar-refractivity contribution in [2.24, 2.45) is 0 Å². The number of nitrogens with zero attached hydrogens (tertiary/aromatic N) is 3. The second-order valence-electron chi connectivity index (χ2n) is 6.30. The van der Waals surface area contributed by atoms with Crippen molar-refractivity contribution < 1.29 is 23.5 Å². The lowest BCUT2D eigenvalue weighted by Crippen LogP contribution is -2.23. The van der Waals surface area contributed by atoms with E-state index in [1.165, 1.54) is 6.26 Å². The van der Waals surface area contributed by atoms with Crippen LogP contribution in [0, 0.1) is 0 Å². The number of hydrogen-bond donors (Lipinski definition) is 0. The molecule has 1 aliphatic rings. The number of rotatable bonds is 4. The number of hydrogen-bond acceptors (Lipinski definition) is 7. The summed E-state index contributed by atoms with van der Waals surface area (Å²) in [6.45, 7) is 4.20. The second kappa shape index (κ2) is 6.29. The van der Waals surface area contributed by atoms with E-state index in [1.807, 2.05) is 13.8 Å². The molecule has 1 atom stereocenters. The summed E-state index contributed by atoms with van der Waals surface area (Å²) in [7, 11) is 0. The third-order valence-corrected chi connectivity index (χ3v) is 4.19. The fourth-order valence-electron chi connectivity index (χ4n) is 2.89. The van der Waals surface area contributed by atoms with E-state index in [0.717, 1.165) is 0 Å². The molecule has 8 nitrogen and oxygen atoms in total. The van der Waals surface area contributed by atoms with Gasteiger partial charge in [0.25, 0.3) is 0 Å². The predicted molar refractivity (Wildman–Crippen MR) is 90.4 cm³/mol. The van der Waals surface area contributed by atoms with Crippen LogP contribution < -0.4 is 0 Å². The van der Waals surface area contributed by atoms with E-state index in [2.05, 4.69) is 10.1 Å². The number of fused-ring (bicyclic) bond motifs is 1. The largest absolute Gasteiger partial charge is 0.463 e. The van der Waals surface area contributed by atoms with Crippen molar-refractivity contribution in [1.29, 1.82) is 0 Å². The maximum atomic E-state index is 12.7. The minimum Gasteiger partial charge on any atom is -0.463 e. The van der Waals surface area contributed by atoms with Gasteiger partial charge in [-0.2, -0.15) is 5.10 Å². The molecule has 0 saturated carbocycles. The van der Waals surface area contributed by atoms with Crippen molar-refractivity contribution >= 4 is 23.0 Å². The van der Waals surface area contributed by atoms with Crippen LogP contribution >= 0.6 is 0 Å². The summed E-state index contributed by atoms with van der Waals surface area (Å²) in [5.41, 5.74) is 1.33. The molecule has 0 radical (unpaired) electrons. The lowest BCUT2D eigenvalue weighted by Gasteiger charge is -2.11. The van der Waals surface area contributed by atoms with Gasteiger partial charge >= 0.3 is 11.9 Å². The first-order valence-corrected chi connectivity index (χ1v) is 8.34. The average molecular weight is 355 g/mol. The highest BCUT2D eigenvalue weighted by molar-refractivity contribution is 6.04. The molecule has 134 valence electrons. The molecular weight excluding hydrogens is 338 g/mol. The Bertz CT molecular complexity index is 974. The van der Waals surface area contributed by atoms with E-state index >= 15 is 0 Å². The molecule has 0 aromatic carbocycles. The number of ether oxygens (including phenoxy) is 2. The molecule has 0 N–H and O–H groups in total. The SMILES string of the molecule is CC(C)n1ncc2c(C(=O)OC3CCOC3=O)cc(-c3ccco3)nc21. The topological polar surface area (TPSA) is 96.5 Å². The fraction of sp³-hybridized carbons (Fsp3) is 0.333. The number of cyclic esters (lactones) is 1. The van der Waals surface area contributed by atoms with Gasteiger partial charge in [0, 0.05) is 12.5 Å². The summed E-state index contributed by atoms with van der Waals surface area (Å²) in [5.74, 6) is -0.608. The normalized spacial score (nSPS) is 17.0. The number of pyridine rings is 1. The highest BCUT2D eigenvalue weighted by Gasteiger charge is 2.31. The Hall–Kier alpha value is -3.16. The van der Waals surface area contributed by atoms with E-state index in [0.29, 0.717) is 28.9 Å². The summed E-state index contributed by atoms with van der Waals surface area (Å²) in [6, 6.07) is 5.15. The minimum atomic E-state index is -0.877. The Morgan fingerprint density at radius 2 is 2.27 bits per heavy atom. The van der Waals surface area contributed by atoms with Crippen LogP contribution in [0.25, 0.3) is 22.5 Å². The number of carbonyl (C=O) groups is 2. The van der Waals surface area contributed by atoms with E-state index in [4.69, 9.17) is 13.9 Å². The van der Waals surface area contributed by atoms with Crippen molar-refractivity contribution in [3.8, 4) is 11.5 Å². The standard InChI is InChI=1S/C18H17N3O5/c1-10(2)21-16-12(9-19-21)11(8-13(20-16)14-4-3-6-24-14)17(22)26-15-5-7-25-18(15)23/h3-4,6,8-10,15H,5,7H2,1-2H3. The lowest BCUT2D eigenvalue weighted by molar-refractivity contribution is -0.145. The molecule has 1 saturated heterocycles. The first kappa shape index (κ1) is 16.3. The molecule has 0 spiro atoms. The van der Waals surface area contributed by atoms with Gasteiger partial charge < -0.3 is 13.9 Å². The summed E-state index contributed by atoms with van der Waals surface area (Å²) in [4.78, 5) is 28.9. The summed E-state index contributed by atoms with van der Waals surface area (Å²) < 4.78 is 17.3. The molecule has 26 heavy (non-hydrogen) atoms. The van der Waals surface area contributed by atoms with Crippen molar-refractivity contribution in [2.45, 2.75) is 32.4 Å². The molecule has 3 aromatic heterocycles. The summed E-state index contributed by atoms with van der Waals surface area (Å²) >= 11 is 0. The van der Waals surface area contributed by atoms with Crippen LogP contribution in [-0.2, 0) is 14.3 Å². The first-order valence-electron chi connectivity index (χ1n) is 8.34. The molecule has 1 unspecified atom stereocenters. The maximum absolute atomic E-state index is 12.7. The smallest absolute Gasteiger partial charge is 0.347 e. The molecule has 1 aliphatic heterocycles. The van der Waals surface area contributed by atoms with Crippen molar-refractivity contribution in [3.63, 3.8) is 0 Å². The summed E-state index contributed by atoms with van der Waals surface area (Å²) in [6.07, 6.45) is 2.60. The maximum Gasteiger partial charge on any atom is 0.347 e. The zero-order chi connectivity index (χ0) is 18.3. The molecule has 4 heterocycles. The van der Waals surface area contributed by atoms with E-state index in [1.54, 1.807) is 29.1 Å². The number of carbonyl (C=O) groups excluding carboxylic acids is 2. The quantitative estimate of drug-likeness (QED) is 0.664. The van der Waals surface area contributed by atoms with Gasteiger partial charge in [-0.25, -0.2) is 19.3 Å². The molecule has 3 aromatic rings. The van der Waals surface area contributed by atoms with Gasteiger partial charge in [0.1, 0.15) is 5.69 Å². The van der Waals surface area contributed by atoms with Gasteiger partial charge in [0.05, 0.1) is 30.0 Å². The zero-order valence-corrected chi connectivity index (χ0v) is 14.3. The molecule has 0 bridgehead atoms. The number of esters is 2. The Morgan fingerprint density at radius 3 is 2.92 bits per heavy atom. The Kier molecular flexibility index (Phi) is 3.95. The zero-order valence-electron chi connectivity index (χ0n) is 14.3. The second-order valence-corrected chi connectivity index (χ2v) is 6.30. The fourth-order valence-corrected chi connectivity index (χ4v) is 2.89. The van der Waals surface area contributed by atoms with Crippen LogP contribution in [0.3, 0.4) is 0 Å². The van der Waals surface area contributed by atoms with Gasteiger partial charge in [-0.1, -0.05) is 0 Å². The molecule has 8 heteroatoms. The van der Waals surface area contributed by atoms with Crippen LogP contribution in [0.1, 0.15) is 36.7 Å². The minimum absolute atomic E-state index is 0.0560. The van der Waals surface area contributed by atoms with E-state index in [-0.39, 0.29) is 18.2 Å². The van der Waals surface area contributed by atoms with Crippen LogP contribution in [0.4, 0.5) is 0 Å². The number of furan rings is 1. The number of aromatic nitrogens is 3. The van der Waals surface area contributed by atoms with E-state index < -0.39 is 18.0 Å². The predicted octanol–water partition coefficient (Wildman–Crippen LogP) is 2.74. The van der Waals surface area contributed by atoms with Gasteiger partial charge in [0.2, 0.25) is 6.10 Å². The monoisotopic (exact) mass is 355 g/mol. The van der Waals surface area contributed by atoms with Crippen LogP contribution in [0.5, 0.6) is 0 Å². The molecule has 0 aliphatic carbocycles. The Balaban J connectivity index is 1.81. The first-order chi connectivity index (χ1) is 12.5. The van der Waals surface area contributed by atoms with Crippen molar-refractivity contribution in [2.75, 3.05) is 6.61 Å². The molecule has 0 amide bonds. The molecule has 1 fully saturated rings. The lowest BCUT2D eigenvalue weighted by atomic mass is 10.1. The van der Waals surface area contributed by atoms with Crippen LogP contribution in [0.15, 0.2) is 35.1 Å². The Labute approximate surface area is 148 Å². The molecule has 4 rings (SSSR count). The van der Waals surface area contributed by atoms with Crippen molar-refractivity contribution in [1.82, 2.24) is 14.8 Å². The van der Waals surface area contributed by atoms with E-state index in [9.17, 15) is 9.59 Å². The van der Waals surface area contributed by atoms with Gasteiger partial charge in [0.15, 0.2) is 11.4 Å². The third kappa shape index (κ3) is 2.73. The van der Waals surface area contributed by atoms with Gasteiger partial charge in [-0.15, -0.1) is 0 Å². The summed E-state index contributed by atoms with van der Waals surface area (Å²) in [5, 5.41) is 4.89. The van der Waals surface area contributed by atoms with Gasteiger partial charge in [-0.05, 0) is 32.0 Å². The molecular formula is C18H17N3O5.